The van der Waals surface area contributed by atoms with Gasteiger partial charge >= 0.3 is 6.09 Å². The second kappa shape index (κ2) is 6.62. The first kappa shape index (κ1) is 15.2. The highest BCUT2D eigenvalue weighted by molar-refractivity contribution is 7.12. The quantitative estimate of drug-likeness (QED) is 0.760. The van der Waals surface area contributed by atoms with Crippen molar-refractivity contribution in [1.82, 2.24) is 15.2 Å². The number of aryl methyl sites for hydroxylation is 1. The average Bonchev–Trinajstić information content (AvgIpc) is 3.16. The van der Waals surface area contributed by atoms with Crippen LogP contribution in [0.15, 0.2) is 41.9 Å². The molecule has 0 aliphatic rings. The second-order valence-corrected chi connectivity index (χ2v) is 6.02. The first-order valence-corrected chi connectivity index (χ1v) is 8.00. The Bertz CT molecular complexity index is 797. The smallest absolute Gasteiger partial charge is 0.399 e. The summed E-state index contributed by atoms with van der Waals surface area (Å²) in [6.07, 6.45) is 1.19. The zero-order valence-corrected chi connectivity index (χ0v) is 13.6. The van der Waals surface area contributed by atoms with Crippen LogP contribution in [0.25, 0.3) is 0 Å². The number of pyridine rings is 1. The van der Waals surface area contributed by atoms with Gasteiger partial charge in [0.2, 0.25) is 0 Å². The summed E-state index contributed by atoms with van der Waals surface area (Å²) in [5.41, 5.74) is 2.86. The number of hydrogen-bond donors (Lipinski definition) is 2. The number of thiophene rings is 1. The molecule has 118 valence electrons. The molecule has 0 radical (unpaired) electrons. The molecule has 0 aromatic carbocycles. The number of rotatable bonds is 4. The zero-order chi connectivity index (χ0) is 16.2. The van der Waals surface area contributed by atoms with Crippen LogP contribution in [0.2, 0.25) is 0 Å². The van der Waals surface area contributed by atoms with Gasteiger partial charge in [-0.05, 0) is 36.1 Å². The van der Waals surface area contributed by atoms with E-state index in [1.54, 1.807) is 12.3 Å². The summed E-state index contributed by atoms with van der Waals surface area (Å²) in [5, 5.41) is 12.1. The first-order valence-electron chi connectivity index (χ1n) is 7.12. The molecule has 0 saturated carbocycles. The number of carbonyl (C=O) groups is 1. The molecule has 0 bridgehead atoms. The van der Waals surface area contributed by atoms with E-state index < -0.39 is 6.09 Å². The average molecular weight is 328 g/mol. The van der Waals surface area contributed by atoms with Crippen molar-refractivity contribution in [3.63, 3.8) is 0 Å². The molecule has 0 fully saturated rings. The van der Waals surface area contributed by atoms with Crippen molar-refractivity contribution in [2.45, 2.75) is 19.8 Å². The van der Waals surface area contributed by atoms with E-state index in [1.165, 1.54) is 11.3 Å². The summed E-state index contributed by atoms with van der Waals surface area (Å²) >= 11 is 1.38. The SMILES string of the molecule is Cc1csc(OC(=O)Nc2cc(C(C)c3ccccn3)[nH]n2)c1. The highest BCUT2D eigenvalue weighted by Crippen LogP contribution is 2.24. The minimum absolute atomic E-state index is 0.0511. The Hall–Kier alpha value is -2.67. The van der Waals surface area contributed by atoms with Gasteiger partial charge in [0, 0.05) is 29.6 Å². The van der Waals surface area contributed by atoms with Crippen LogP contribution in [0.5, 0.6) is 5.06 Å². The van der Waals surface area contributed by atoms with Crippen LogP contribution in [0.4, 0.5) is 10.6 Å². The van der Waals surface area contributed by atoms with E-state index in [9.17, 15) is 4.79 Å². The lowest BCUT2D eigenvalue weighted by Crippen LogP contribution is -2.16. The molecule has 1 unspecified atom stereocenters. The maximum Gasteiger partial charge on any atom is 0.419 e. The fourth-order valence-electron chi connectivity index (χ4n) is 2.09. The van der Waals surface area contributed by atoms with Gasteiger partial charge in [-0.2, -0.15) is 5.10 Å². The Labute approximate surface area is 137 Å². The number of aromatic amines is 1. The molecule has 1 atom stereocenters. The molecule has 3 aromatic heterocycles. The van der Waals surface area contributed by atoms with Gasteiger partial charge < -0.3 is 4.74 Å². The van der Waals surface area contributed by atoms with E-state index >= 15 is 0 Å². The molecule has 0 spiro atoms. The molecule has 23 heavy (non-hydrogen) atoms. The molecule has 0 saturated heterocycles. The lowest BCUT2D eigenvalue weighted by molar-refractivity contribution is 0.216. The molecule has 3 rings (SSSR count). The van der Waals surface area contributed by atoms with Crippen molar-refractivity contribution in [3.05, 3.63) is 58.9 Å². The molecule has 3 heterocycles. The second-order valence-electron chi connectivity index (χ2n) is 5.14. The van der Waals surface area contributed by atoms with Gasteiger partial charge in [0.15, 0.2) is 10.9 Å². The summed E-state index contributed by atoms with van der Waals surface area (Å²) in [6.45, 7) is 3.96. The summed E-state index contributed by atoms with van der Waals surface area (Å²) in [4.78, 5) is 16.2. The monoisotopic (exact) mass is 328 g/mol. The van der Waals surface area contributed by atoms with Crippen LogP contribution < -0.4 is 10.1 Å². The lowest BCUT2D eigenvalue weighted by atomic mass is 10.0. The summed E-state index contributed by atoms with van der Waals surface area (Å²) in [7, 11) is 0. The molecule has 3 aromatic rings. The van der Waals surface area contributed by atoms with Crippen LogP contribution in [-0.2, 0) is 0 Å². The maximum absolute atomic E-state index is 11.8. The molecule has 6 nitrogen and oxygen atoms in total. The minimum atomic E-state index is -0.560. The molecule has 0 aliphatic heterocycles. The normalized spacial score (nSPS) is 11.9. The van der Waals surface area contributed by atoms with Gasteiger partial charge in [0.1, 0.15) is 0 Å². The Morgan fingerprint density at radius 3 is 2.96 bits per heavy atom. The molecule has 1 amide bonds. The fourth-order valence-corrected chi connectivity index (χ4v) is 2.84. The van der Waals surface area contributed by atoms with Crippen LogP contribution >= 0.6 is 11.3 Å². The van der Waals surface area contributed by atoms with Crippen molar-refractivity contribution < 1.29 is 9.53 Å². The maximum atomic E-state index is 11.8. The molecular weight excluding hydrogens is 312 g/mol. The van der Waals surface area contributed by atoms with Crippen LogP contribution in [0, 0.1) is 6.92 Å². The van der Waals surface area contributed by atoms with Gasteiger partial charge in [-0.1, -0.05) is 13.0 Å². The number of carbonyl (C=O) groups excluding carboxylic acids is 1. The van der Waals surface area contributed by atoms with Crippen LogP contribution in [-0.4, -0.2) is 21.3 Å². The van der Waals surface area contributed by atoms with Crippen molar-refractivity contribution in [2.75, 3.05) is 5.32 Å². The Morgan fingerprint density at radius 2 is 2.26 bits per heavy atom. The van der Waals surface area contributed by atoms with Gasteiger partial charge in [-0.3, -0.25) is 15.4 Å². The molecule has 7 heteroatoms. The number of ether oxygens (including phenoxy) is 1. The predicted molar refractivity (Wildman–Crippen MR) is 89.0 cm³/mol. The van der Waals surface area contributed by atoms with E-state index in [1.807, 2.05) is 43.5 Å². The van der Waals surface area contributed by atoms with E-state index in [0.717, 1.165) is 17.0 Å². The topological polar surface area (TPSA) is 79.9 Å². The van der Waals surface area contributed by atoms with E-state index in [4.69, 9.17) is 4.74 Å². The number of nitrogens with one attached hydrogen (secondary N) is 2. The molecule has 0 aliphatic carbocycles. The first-order chi connectivity index (χ1) is 11.1. The number of hydrogen-bond acceptors (Lipinski definition) is 5. The Morgan fingerprint density at radius 1 is 1.39 bits per heavy atom. The van der Waals surface area contributed by atoms with Gasteiger partial charge in [0.25, 0.3) is 0 Å². The Balaban J connectivity index is 1.64. The largest absolute Gasteiger partial charge is 0.419 e. The third-order valence-corrected chi connectivity index (χ3v) is 4.25. The molecule has 2 N–H and O–H groups in total. The summed E-state index contributed by atoms with van der Waals surface area (Å²) < 4.78 is 5.20. The van der Waals surface area contributed by atoms with Gasteiger partial charge in [-0.25, -0.2) is 4.79 Å². The standard InChI is InChI=1S/C16H16N4O2S/c1-10-7-15(23-9-10)22-16(21)18-14-8-13(19-20-14)11(2)12-5-3-4-6-17-12/h3-9,11H,1-2H3,(H2,18,19,20,21). The highest BCUT2D eigenvalue weighted by atomic mass is 32.1. The number of nitrogens with zero attached hydrogens (tertiary/aromatic N) is 2. The number of anilines is 1. The van der Waals surface area contributed by atoms with E-state index in [2.05, 4.69) is 20.5 Å². The fraction of sp³-hybridized carbons (Fsp3) is 0.188. The van der Waals surface area contributed by atoms with Crippen molar-refractivity contribution in [2.24, 2.45) is 0 Å². The van der Waals surface area contributed by atoms with Crippen LogP contribution in [0.1, 0.15) is 29.8 Å². The van der Waals surface area contributed by atoms with Gasteiger partial charge in [0.05, 0.1) is 0 Å². The summed E-state index contributed by atoms with van der Waals surface area (Å²) in [5.74, 6) is 0.469. The number of amides is 1. The van der Waals surface area contributed by atoms with Crippen molar-refractivity contribution >= 4 is 23.2 Å². The van der Waals surface area contributed by atoms with Crippen molar-refractivity contribution in [1.29, 1.82) is 0 Å². The zero-order valence-electron chi connectivity index (χ0n) is 12.7. The van der Waals surface area contributed by atoms with E-state index in [0.29, 0.717) is 10.9 Å². The Kier molecular flexibility index (Phi) is 4.38. The summed E-state index contributed by atoms with van der Waals surface area (Å²) in [6, 6.07) is 9.35. The third kappa shape index (κ3) is 3.75. The number of H-pyrrole nitrogens is 1. The van der Waals surface area contributed by atoms with E-state index in [-0.39, 0.29) is 5.92 Å². The van der Waals surface area contributed by atoms with Crippen LogP contribution in [0.3, 0.4) is 0 Å². The van der Waals surface area contributed by atoms with Gasteiger partial charge in [-0.15, -0.1) is 11.3 Å². The third-order valence-electron chi connectivity index (χ3n) is 3.33. The number of aromatic nitrogens is 3. The highest BCUT2D eigenvalue weighted by Gasteiger charge is 2.14. The predicted octanol–water partition coefficient (Wildman–Crippen LogP) is 3.94. The lowest BCUT2D eigenvalue weighted by Gasteiger charge is -2.07. The minimum Gasteiger partial charge on any atom is -0.399 e. The van der Waals surface area contributed by atoms with Crippen molar-refractivity contribution in [3.8, 4) is 5.06 Å². The molecular formula is C16H16N4O2S.